The van der Waals surface area contributed by atoms with Gasteiger partial charge in [-0.25, -0.2) is 0 Å². The van der Waals surface area contributed by atoms with Gasteiger partial charge in [-0.05, 0) is 143 Å². The number of ether oxygens (including phenoxy) is 1. The summed E-state index contributed by atoms with van der Waals surface area (Å²) in [5.41, 5.74) is 9.97. The summed E-state index contributed by atoms with van der Waals surface area (Å²) >= 11 is 0. The molecule has 2 fully saturated rings. The van der Waals surface area contributed by atoms with Crippen LogP contribution in [0.1, 0.15) is 117 Å². The molecule has 9 aliphatic rings. The molecule has 6 unspecified atom stereocenters. The summed E-state index contributed by atoms with van der Waals surface area (Å²) in [6.07, 6.45) is 49.3. The lowest BCUT2D eigenvalue weighted by Crippen LogP contribution is -2.46. The van der Waals surface area contributed by atoms with Gasteiger partial charge in [-0.1, -0.05) is 92.3 Å². The molecule has 8 aliphatic carbocycles. The van der Waals surface area contributed by atoms with E-state index in [0.29, 0.717) is 35.8 Å². The number of allylic oxidation sites excluding steroid dienone is 13. The van der Waals surface area contributed by atoms with E-state index in [2.05, 4.69) is 98.6 Å². The molecule has 0 radical (unpaired) electrons. The number of rotatable bonds is 5. The topological polar surface area (TPSA) is 12.5 Å². The first-order valence-corrected chi connectivity index (χ1v) is 20.1. The molecule has 1 saturated carbocycles. The third-order valence-electron chi connectivity index (χ3n) is 14.8. The van der Waals surface area contributed by atoms with Gasteiger partial charge in [0.15, 0.2) is 0 Å². The minimum atomic E-state index is -0.227. The Kier molecular flexibility index (Phi) is 8.07. The molecular formula is C46H59NO. The SMILES string of the molecule is CC1(C)C2=C(C3C=C(N(C4CC=C(C5=CCCCC5)CC4)C4CCC(C5=CC=CCC5)CC4)CCC31)[C@]1(C)OC3C=CC=CC3C1C=C2. The minimum Gasteiger partial charge on any atom is -0.369 e. The largest absolute Gasteiger partial charge is 0.369 e. The second-order valence-corrected chi connectivity index (χ2v) is 17.6. The van der Waals surface area contributed by atoms with Crippen molar-refractivity contribution < 1.29 is 4.74 Å². The van der Waals surface area contributed by atoms with Gasteiger partial charge in [0.05, 0.1) is 11.7 Å². The summed E-state index contributed by atoms with van der Waals surface area (Å²) in [5.74, 6) is 2.80. The third-order valence-corrected chi connectivity index (χ3v) is 14.8. The van der Waals surface area contributed by atoms with E-state index in [1.165, 1.54) is 96.3 Å². The maximum absolute atomic E-state index is 7.17. The van der Waals surface area contributed by atoms with Gasteiger partial charge in [0.25, 0.3) is 0 Å². The molecule has 0 aromatic carbocycles. The highest BCUT2D eigenvalue weighted by Crippen LogP contribution is 2.64. The van der Waals surface area contributed by atoms with Gasteiger partial charge in [0.1, 0.15) is 0 Å². The number of hydrogen-bond donors (Lipinski definition) is 0. The normalized spacial score (nSPS) is 41.1. The smallest absolute Gasteiger partial charge is 0.0952 e. The molecule has 1 aliphatic heterocycles. The van der Waals surface area contributed by atoms with Crippen molar-refractivity contribution in [2.75, 3.05) is 0 Å². The molecule has 48 heavy (non-hydrogen) atoms. The number of fused-ring (bicyclic) bond motifs is 6. The zero-order chi connectivity index (χ0) is 32.5. The van der Waals surface area contributed by atoms with E-state index in [0.717, 1.165) is 5.92 Å². The van der Waals surface area contributed by atoms with Crippen molar-refractivity contribution in [2.45, 2.75) is 141 Å². The summed E-state index contributed by atoms with van der Waals surface area (Å²) in [6, 6.07) is 1.31. The molecule has 0 bridgehead atoms. The fraction of sp³-hybridized carbons (Fsp3) is 0.609. The van der Waals surface area contributed by atoms with Gasteiger partial charge in [-0.2, -0.15) is 0 Å². The molecule has 9 rings (SSSR count). The number of hydrogen-bond acceptors (Lipinski definition) is 2. The van der Waals surface area contributed by atoms with Crippen molar-refractivity contribution in [3.63, 3.8) is 0 Å². The Hall–Kier alpha value is -2.58. The van der Waals surface area contributed by atoms with Crippen molar-refractivity contribution in [1.29, 1.82) is 0 Å². The van der Waals surface area contributed by atoms with Crippen LogP contribution in [0.2, 0.25) is 0 Å². The fourth-order valence-corrected chi connectivity index (χ4v) is 12.3. The van der Waals surface area contributed by atoms with Gasteiger partial charge in [-0.15, -0.1) is 0 Å². The lowest BCUT2D eigenvalue weighted by Gasteiger charge is -2.48. The summed E-state index contributed by atoms with van der Waals surface area (Å²) in [7, 11) is 0. The van der Waals surface area contributed by atoms with Crippen LogP contribution < -0.4 is 0 Å². The van der Waals surface area contributed by atoms with Crippen LogP contribution in [0, 0.1) is 35.0 Å². The summed E-state index contributed by atoms with van der Waals surface area (Å²) < 4.78 is 7.17. The standard InChI is InChI=1S/C46H59NO/c1-45(2)40-27-26-37(30-39(40)44-42(45)29-28-41-38-16-10-11-17-43(38)48-46(41,44)3)47(35-22-18-33(19-23-35)31-12-6-4-7-13-31)36-24-20-34(21-25-36)32-14-8-5-9-15-32/h4,6,10-12,14,16-17,20,28-30,33,35-36,38-41,43H,5,7-9,13,15,18-19,21-27H2,1-3H3/t33?,35?,36?,38?,39?,40?,41?,43?,46-/m1/s1. The monoisotopic (exact) mass is 641 g/mol. The first kappa shape index (κ1) is 31.4. The van der Waals surface area contributed by atoms with E-state index in [1.807, 2.05) is 0 Å². The van der Waals surface area contributed by atoms with Crippen LogP contribution in [0.5, 0.6) is 0 Å². The first-order valence-electron chi connectivity index (χ1n) is 20.1. The molecule has 0 aromatic rings. The molecule has 0 aromatic heterocycles. The van der Waals surface area contributed by atoms with Gasteiger partial charge in [0.2, 0.25) is 0 Å². The Labute approximate surface area is 291 Å². The van der Waals surface area contributed by atoms with Gasteiger partial charge < -0.3 is 9.64 Å². The van der Waals surface area contributed by atoms with Crippen molar-refractivity contribution in [3.8, 4) is 0 Å². The highest BCUT2D eigenvalue weighted by molar-refractivity contribution is 5.52. The van der Waals surface area contributed by atoms with E-state index < -0.39 is 0 Å². The molecule has 7 atom stereocenters. The van der Waals surface area contributed by atoms with Gasteiger partial charge in [0, 0.05) is 35.5 Å². The molecule has 0 spiro atoms. The van der Waals surface area contributed by atoms with E-state index in [-0.39, 0.29) is 17.1 Å². The summed E-state index contributed by atoms with van der Waals surface area (Å²) in [5, 5.41) is 0. The Bertz CT molecular complexity index is 1580. The summed E-state index contributed by atoms with van der Waals surface area (Å²) in [6.45, 7) is 7.55. The Morgan fingerprint density at radius 2 is 1.62 bits per heavy atom. The lowest BCUT2D eigenvalue weighted by molar-refractivity contribution is -0.00201. The van der Waals surface area contributed by atoms with Crippen molar-refractivity contribution in [3.05, 3.63) is 106 Å². The average Bonchev–Trinajstić information content (AvgIpc) is 3.57. The van der Waals surface area contributed by atoms with E-state index in [9.17, 15) is 0 Å². The Morgan fingerprint density at radius 1 is 0.771 bits per heavy atom. The molecule has 2 nitrogen and oxygen atoms in total. The van der Waals surface area contributed by atoms with Crippen LogP contribution in [0.3, 0.4) is 0 Å². The van der Waals surface area contributed by atoms with Crippen molar-refractivity contribution in [1.82, 2.24) is 4.90 Å². The van der Waals surface area contributed by atoms with Crippen LogP contribution in [-0.2, 0) is 4.74 Å². The summed E-state index contributed by atoms with van der Waals surface area (Å²) in [4.78, 5) is 3.06. The lowest BCUT2D eigenvalue weighted by atomic mass is 9.68. The second kappa shape index (κ2) is 12.3. The van der Waals surface area contributed by atoms with Crippen LogP contribution in [0.25, 0.3) is 0 Å². The molecule has 0 amide bonds. The zero-order valence-corrected chi connectivity index (χ0v) is 30.0. The molecule has 0 N–H and O–H groups in total. The van der Waals surface area contributed by atoms with Crippen LogP contribution in [0.4, 0.5) is 0 Å². The Morgan fingerprint density at radius 3 is 2.40 bits per heavy atom. The fourth-order valence-electron chi connectivity index (χ4n) is 12.3. The van der Waals surface area contributed by atoms with Crippen LogP contribution >= 0.6 is 0 Å². The van der Waals surface area contributed by atoms with Gasteiger partial charge in [-0.3, -0.25) is 0 Å². The zero-order valence-electron chi connectivity index (χ0n) is 30.0. The predicted molar refractivity (Wildman–Crippen MR) is 199 cm³/mol. The maximum Gasteiger partial charge on any atom is 0.0952 e. The molecule has 254 valence electrons. The Balaban J connectivity index is 1.04. The van der Waals surface area contributed by atoms with Gasteiger partial charge >= 0.3 is 0 Å². The highest BCUT2D eigenvalue weighted by atomic mass is 16.5. The maximum atomic E-state index is 7.17. The minimum absolute atomic E-state index is 0.177. The first-order chi connectivity index (χ1) is 23.4. The number of nitrogens with zero attached hydrogens (tertiary/aromatic N) is 1. The molecule has 1 heterocycles. The molecular weight excluding hydrogens is 583 g/mol. The third kappa shape index (κ3) is 5.13. The van der Waals surface area contributed by atoms with Crippen LogP contribution in [-0.4, -0.2) is 28.7 Å². The van der Waals surface area contributed by atoms with E-state index >= 15 is 0 Å². The second-order valence-electron chi connectivity index (χ2n) is 17.6. The van der Waals surface area contributed by atoms with Crippen LogP contribution in [0.15, 0.2) is 106 Å². The average molecular weight is 642 g/mol. The quantitative estimate of drug-likeness (QED) is 0.296. The molecule has 2 heteroatoms. The van der Waals surface area contributed by atoms with Crippen molar-refractivity contribution >= 4 is 0 Å². The van der Waals surface area contributed by atoms with E-state index in [4.69, 9.17) is 4.74 Å². The van der Waals surface area contributed by atoms with E-state index in [1.54, 1.807) is 33.6 Å². The molecule has 1 saturated heterocycles. The highest BCUT2D eigenvalue weighted by Gasteiger charge is 2.61. The predicted octanol–water partition coefficient (Wildman–Crippen LogP) is 11.4. The van der Waals surface area contributed by atoms with Crippen molar-refractivity contribution in [2.24, 2.45) is 35.0 Å².